The van der Waals surface area contributed by atoms with Crippen molar-refractivity contribution in [2.75, 3.05) is 27.3 Å². The Labute approximate surface area is 158 Å². The van der Waals surface area contributed by atoms with Crippen molar-refractivity contribution in [1.29, 1.82) is 0 Å². The fourth-order valence-corrected chi connectivity index (χ4v) is 4.75. The van der Waals surface area contributed by atoms with Gasteiger partial charge in [-0.3, -0.25) is 4.90 Å². The van der Waals surface area contributed by atoms with Gasteiger partial charge in [-0.05, 0) is 63.1 Å². The first-order valence-electron chi connectivity index (χ1n) is 10.0. The zero-order chi connectivity index (χ0) is 18.5. The van der Waals surface area contributed by atoms with Crippen molar-refractivity contribution in [3.05, 3.63) is 47.1 Å². The number of benzene rings is 1. The SMILES string of the molecule is C/C=C\C=C(/CC)CN1CCC[C@H]2c3ccc(OC)c(OC)c3CCC21. The van der Waals surface area contributed by atoms with Gasteiger partial charge in [0.05, 0.1) is 14.2 Å². The Hall–Kier alpha value is -1.74. The van der Waals surface area contributed by atoms with Crippen LogP contribution in [0.2, 0.25) is 0 Å². The highest BCUT2D eigenvalue weighted by molar-refractivity contribution is 5.53. The van der Waals surface area contributed by atoms with Crippen molar-refractivity contribution in [1.82, 2.24) is 4.90 Å². The van der Waals surface area contributed by atoms with Crippen LogP contribution in [0, 0.1) is 0 Å². The zero-order valence-corrected chi connectivity index (χ0v) is 16.8. The fourth-order valence-electron chi connectivity index (χ4n) is 4.75. The molecule has 1 heterocycles. The molecule has 1 aliphatic carbocycles. The van der Waals surface area contributed by atoms with Crippen LogP contribution in [0.1, 0.15) is 56.6 Å². The standard InChI is InChI=1S/C23H33NO2/c1-5-7-9-17(6-2)16-24-15-8-10-19-18-12-14-22(25-3)23(26-4)20(18)11-13-21(19)24/h5,7,9,12,14,19,21H,6,8,10-11,13,15-16H2,1-4H3/b7-5-,17-9+/t19-,21?/m0/s1. The van der Waals surface area contributed by atoms with Crippen LogP contribution in [-0.4, -0.2) is 38.3 Å². The highest BCUT2D eigenvalue weighted by Crippen LogP contribution is 2.46. The van der Waals surface area contributed by atoms with Crippen LogP contribution in [0.25, 0.3) is 0 Å². The van der Waals surface area contributed by atoms with Crippen molar-refractivity contribution < 1.29 is 9.47 Å². The second-order valence-electron chi connectivity index (χ2n) is 7.40. The maximum absolute atomic E-state index is 5.71. The minimum atomic E-state index is 0.618. The Morgan fingerprint density at radius 2 is 2.08 bits per heavy atom. The molecule has 0 radical (unpaired) electrons. The van der Waals surface area contributed by atoms with Crippen molar-refractivity contribution in [2.45, 2.75) is 57.9 Å². The van der Waals surface area contributed by atoms with Crippen LogP contribution < -0.4 is 9.47 Å². The maximum Gasteiger partial charge on any atom is 0.164 e. The number of methoxy groups -OCH3 is 2. The summed E-state index contributed by atoms with van der Waals surface area (Å²) in [5, 5.41) is 0. The first-order chi connectivity index (χ1) is 12.7. The number of fused-ring (bicyclic) bond motifs is 3. The van der Waals surface area contributed by atoms with Gasteiger partial charge in [0.2, 0.25) is 0 Å². The Morgan fingerprint density at radius 3 is 2.77 bits per heavy atom. The molecule has 0 spiro atoms. The topological polar surface area (TPSA) is 21.7 Å². The molecule has 3 nitrogen and oxygen atoms in total. The van der Waals surface area contributed by atoms with Crippen molar-refractivity contribution in [3.8, 4) is 11.5 Å². The lowest BCUT2D eigenvalue weighted by molar-refractivity contribution is 0.122. The molecule has 1 aliphatic heterocycles. The van der Waals surface area contributed by atoms with Gasteiger partial charge in [-0.2, -0.15) is 0 Å². The van der Waals surface area contributed by atoms with Gasteiger partial charge in [0.15, 0.2) is 11.5 Å². The molecular formula is C23H33NO2. The lowest BCUT2D eigenvalue weighted by Gasteiger charge is -2.45. The second-order valence-corrected chi connectivity index (χ2v) is 7.40. The van der Waals surface area contributed by atoms with Gasteiger partial charge in [-0.1, -0.05) is 36.8 Å². The van der Waals surface area contributed by atoms with E-state index >= 15 is 0 Å². The molecule has 2 aliphatic rings. The van der Waals surface area contributed by atoms with Gasteiger partial charge >= 0.3 is 0 Å². The molecule has 3 rings (SSSR count). The third-order valence-electron chi connectivity index (χ3n) is 6.05. The lowest BCUT2D eigenvalue weighted by atomic mass is 9.74. The summed E-state index contributed by atoms with van der Waals surface area (Å²) < 4.78 is 11.2. The van der Waals surface area contributed by atoms with E-state index in [-0.39, 0.29) is 0 Å². The first-order valence-corrected chi connectivity index (χ1v) is 10.0. The predicted molar refractivity (Wildman–Crippen MR) is 108 cm³/mol. The summed E-state index contributed by atoms with van der Waals surface area (Å²) in [4.78, 5) is 2.73. The molecular weight excluding hydrogens is 322 g/mol. The average molecular weight is 356 g/mol. The molecule has 0 N–H and O–H groups in total. The summed E-state index contributed by atoms with van der Waals surface area (Å²) in [7, 11) is 3.48. The summed E-state index contributed by atoms with van der Waals surface area (Å²) in [6.07, 6.45) is 12.6. The minimum absolute atomic E-state index is 0.618. The molecule has 0 bridgehead atoms. The van der Waals surface area contributed by atoms with E-state index in [1.54, 1.807) is 14.2 Å². The molecule has 1 unspecified atom stereocenters. The Kier molecular flexibility index (Phi) is 6.42. The highest BCUT2D eigenvalue weighted by Gasteiger charge is 2.37. The minimum Gasteiger partial charge on any atom is -0.493 e. The monoisotopic (exact) mass is 355 g/mol. The zero-order valence-electron chi connectivity index (χ0n) is 16.8. The van der Waals surface area contributed by atoms with Crippen LogP contribution >= 0.6 is 0 Å². The number of rotatable bonds is 6. The molecule has 1 aromatic carbocycles. The quantitative estimate of drug-likeness (QED) is 0.662. The van der Waals surface area contributed by atoms with Gasteiger partial charge in [0.25, 0.3) is 0 Å². The third-order valence-corrected chi connectivity index (χ3v) is 6.05. The smallest absolute Gasteiger partial charge is 0.164 e. The maximum atomic E-state index is 5.71. The number of hydrogen-bond acceptors (Lipinski definition) is 3. The Balaban J connectivity index is 1.86. The Morgan fingerprint density at radius 1 is 1.23 bits per heavy atom. The fraction of sp³-hybridized carbons (Fsp3) is 0.565. The van der Waals surface area contributed by atoms with Gasteiger partial charge in [0, 0.05) is 18.2 Å². The number of allylic oxidation sites excluding steroid dienone is 3. The van der Waals surface area contributed by atoms with E-state index in [1.165, 1.54) is 42.5 Å². The van der Waals surface area contributed by atoms with Crippen LogP contribution in [0.5, 0.6) is 11.5 Å². The summed E-state index contributed by atoms with van der Waals surface area (Å²) in [6.45, 7) is 6.67. The molecule has 2 atom stereocenters. The summed E-state index contributed by atoms with van der Waals surface area (Å²) in [6, 6.07) is 5.02. The summed E-state index contributed by atoms with van der Waals surface area (Å²) >= 11 is 0. The Bertz CT molecular complexity index is 677. The van der Waals surface area contributed by atoms with Gasteiger partial charge in [-0.15, -0.1) is 0 Å². The lowest BCUT2D eigenvalue weighted by Crippen LogP contribution is -2.47. The van der Waals surface area contributed by atoms with E-state index in [9.17, 15) is 0 Å². The largest absolute Gasteiger partial charge is 0.493 e. The molecule has 1 aromatic rings. The normalized spacial score (nSPS) is 23.6. The van der Waals surface area contributed by atoms with Gasteiger partial charge in [-0.25, -0.2) is 0 Å². The number of likely N-dealkylation sites (tertiary alicyclic amines) is 1. The predicted octanol–water partition coefficient (Wildman–Crippen LogP) is 5.11. The van der Waals surface area contributed by atoms with Gasteiger partial charge in [0.1, 0.15) is 0 Å². The van der Waals surface area contributed by atoms with Crippen LogP contribution in [0.4, 0.5) is 0 Å². The van der Waals surface area contributed by atoms with Crippen LogP contribution in [0.3, 0.4) is 0 Å². The van der Waals surface area contributed by atoms with Crippen molar-refractivity contribution in [3.63, 3.8) is 0 Å². The van der Waals surface area contributed by atoms with E-state index in [0.717, 1.165) is 30.9 Å². The van der Waals surface area contributed by atoms with E-state index in [1.807, 2.05) is 0 Å². The second kappa shape index (κ2) is 8.77. The molecule has 3 heteroatoms. The van der Waals surface area contributed by atoms with Gasteiger partial charge < -0.3 is 9.47 Å². The average Bonchev–Trinajstić information content (AvgIpc) is 2.69. The molecule has 142 valence electrons. The third kappa shape index (κ3) is 3.68. The van der Waals surface area contributed by atoms with E-state index < -0.39 is 0 Å². The van der Waals surface area contributed by atoms with Crippen LogP contribution in [-0.2, 0) is 6.42 Å². The number of piperidine rings is 1. The molecule has 26 heavy (non-hydrogen) atoms. The van der Waals surface area contributed by atoms with E-state index in [2.05, 4.69) is 49.1 Å². The number of nitrogens with zero attached hydrogens (tertiary/aromatic N) is 1. The first kappa shape index (κ1) is 19.0. The van der Waals surface area contributed by atoms with Crippen LogP contribution in [0.15, 0.2) is 35.9 Å². The molecule has 0 amide bonds. The van der Waals surface area contributed by atoms with E-state index in [4.69, 9.17) is 9.47 Å². The molecule has 0 saturated carbocycles. The summed E-state index contributed by atoms with van der Waals surface area (Å²) in [5.41, 5.74) is 4.39. The van der Waals surface area contributed by atoms with E-state index in [0.29, 0.717) is 12.0 Å². The molecule has 0 aromatic heterocycles. The van der Waals surface area contributed by atoms with Crippen molar-refractivity contribution >= 4 is 0 Å². The summed E-state index contributed by atoms with van der Waals surface area (Å²) in [5.74, 6) is 2.43. The molecule has 1 saturated heterocycles. The molecule has 1 fully saturated rings. The number of hydrogen-bond donors (Lipinski definition) is 0. The van der Waals surface area contributed by atoms with Crippen molar-refractivity contribution in [2.24, 2.45) is 0 Å². The highest BCUT2D eigenvalue weighted by atomic mass is 16.5. The number of ether oxygens (including phenoxy) is 2.